The molecular weight excluding hydrogens is 373 g/mol. The molecule has 0 saturated carbocycles. The van der Waals surface area contributed by atoms with Crippen LogP contribution < -0.4 is 5.32 Å². The van der Waals surface area contributed by atoms with Gasteiger partial charge in [-0.2, -0.15) is 13.2 Å². The zero-order chi connectivity index (χ0) is 19.4. The van der Waals surface area contributed by atoms with Gasteiger partial charge in [-0.05, 0) is 48.2 Å². The number of nitrogens with zero attached hydrogens (tertiary/aromatic N) is 1. The molecule has 1 heterocycles. The third-order valence-electron chi connectivity index (χ3n) is 5.06. The predicted molar refractivity (Wildman–Crippen MR) is 103 cm³/mol. The van der Waals surface area contributed by atoms with Gasteiger partial charge in [0.15, 0.2) is 0 Å². The van der Waals surface area contributed by atoms with E-state index >= 15 is 0 Å². The van der Waals surface area contributed by atoms with Gasteiger partial charge in [0.25, 0.3) is 0 Å². The van der Waals surface area contributed by atoms with Crippen molar-refractivity contribution in [2.45, 2.75) is 32.0 Å². The van der Waals surface area contributed by atoms with Gasteiger partial charge in [0.05, 0.1) is 16.6 Å². The summed E-state index contributed by atoms with van der Waals surface area (Å²) in [6, 6.07) is 12.2. The number of hydrogen-bond acceptors (Lipinski definition) is 2. The fourth-order valence-electron chi connectivity index (χ4n) is 3.60. The first-order chi connectivity index (χ1) is 12.9. The van der Waals surface area contributed by atoms with Crippen molar-refractivity contribution in [3.05, 3.63) is 69.7 Å². The smallest absolute Gasteiger partial charge is 0.315 e. The Morgan fingerprint density at radius 1 is 1.04 bits per heavy atom. The van der Waals surface area contributed by atoms with Crippen LogP contribution in [0.3, 0.4) is 0 Å². The van der Waals surface area contributed by atoms with Gasteiger partial charge in [0, 0.05) is 19.6 Å². The summed E-state index contributed by atoms with van der Waals surface area (Å²) in [5, 5.41) is 3.09. The Labute approximate surface area is 163 Å². The Bertz CT molecular complexity index is 751. The Morgan fingerprint density at radius 3 is 2.41 bits per heavy atom. The fourth-order valence-corrected chi connectivity index (χ4v) is 3.83. The molecule has 0 spiro atoms. The maximum atomic E-state index is 13.4. The monoisotopic (exact) mass is 396 g/mol. The Balaban J connectivity index is 2.05. The molecule has 1 unspecified atom stereocenters. The van der Waals surface area contributed by atoms with Crippen molar-refractivity contribution in [2.24, 2.45) is 0 Å². The number of nitrogens with one attached hydrogen (secondary N) is 1. The molecule has 0 amide bonds. The average Bonchev–Trinajstić information content (AvgIpc) is 2.92. The molecule has 146 valence electrons. The normalized spacial score (nSPS) is 17.5. The molecule has 0 aliphatic carbocycles. The molecule has 2 nitrogen and oxygen atoms in total. The highest BCUT2D eigenvalue weighted by Gasteiger charge is 2.34. The van der Waals surface area contributed by atoms with Crippen LogP contribution in [0.4, 0.5) is 13.2 Å². The summed E-state index contributed by atoms with van der Waals surface area (Å²) in [6.07, 6.45) is -2.58. The van der Waals surface area contributed by atoms with Gasteiger partial charge in [0.2, 0.25) is 0 Å². The van der Waals surface area contributed by atoms with E-state index in [-0.39, 0.29) is 11.1 Å². The summed E-state index contributed by atoms with van der Waals surface area (Å²) >= 11 is 5.84. The van der Waals surface area contributed by atoms with Gasteiger partial charge in [-0.1, -0.05) is 48.9 Å². The predicted octanol–water partition coefficient (Wildman–Crippen LogP) is 5.31. The lowest BCUT2D eigenvalue weighted by Gasteiger charge is -2.32. The minimum absolute atomic E-state index is 0.228. The van der Waals surface area contributed by atoms with Crippen LogP contribution >= 0.6 is 11.6 Å². The second-order valence-corrected chi connectivity index (χ2v) is 7.28. The van der Waals surface area contributed by atoms with Gasteiger partial charge in [0.1, 0.15) is 0 Å². The maximum Gasteiger partial charge on any atom is 0.417 e. The van der Waals surface area contributed by atoms with E-state index in [1.54, 1.807) is 6.07 Å². The van der Waals surface area contributed by atoms with Gasteiger partial charge >= 0.3 is 6.18 Å². The van der Waals surface area contributed by atoms with Crippen molar-refractivity contribution in [2.75, 3.05) is 26.2 Å². The topological polar surface area (TPSA) is 15.3 Å². The Kier molecular flexibility index (Phi) is 6.45. The third-order valence-corrected chi connectivity index (χ3v) is 5.38. The number of hydrogen-bond donors (Lipinski definition) is 1. The van der Waals surface area contributed by atoms with Crippen LogP contribution in [0.15, 0.2) is 42.5 Å². The summed E-state index contributed by atoms with van der Waals surface area (Å²) in [7, 11) is 0. The Hall–Kier alpha value is -1.56. The van der Waals surface area contributed by atoms with Crippen molar-refractivity contribution in [1.29, 1.82) is 0 Å². The van der Waals surface area contributed by atoms with Gasteiger partial charge < -0.3 is 5.32 Å². The van der Waals surface area contributed by atoms with Crippen LogP contribution in [0, 0.1) is 0 Å². The van der Waals surface area contributed by atoms with E-state index in [0.29, 0.717) is 5.56 Å². The number of aryl methyl sites for hydroxylation is 1. The SMILES string of the molecule is CCc1ccc(C(c2ccc(Cl)c(C(F)(F)F)c2)N2CCCNCC2)cc1. The van der Waals surface area contributed by atoms with Crippen LogP contribution in [0.5, 0.6) is 0 Å². The third kappa shape index (κ3) is 4.84. The molecule has 0 bridgehead atoms. The lowest BCUT2D eigenvalue weighted by Crippen LogP contribution is -2.33. The van der Waals surface area contributed by atoms with Crippen molar-refractivity contribution in [3.8, 4) is 0 Å². The van der Waals surface area contributed by atoms with E-state index in [1.165, 1.54) is 17.7 Å². The molecule has 2 aromatic carbocycles. The number of rotatable bonds is 4. The highest BCUT2D eigenvalue weighted by molar-refractivity contribution is 6.31. The first-order valence-corrected chi connectivity index (χ1v) is 9.68. The standard InChI is InChI=1S/C21H24ClF3N2/c1-2-15-4-6-16(7-5-15)20(27-12-3-10-26-11-13-27)17-8-9-19(22)18(14-17)21(23,24)25/h4-9,14,20,26H,2-3,10-13H2,1H3. The molecule has 0 aromatic heterocycles. The zero-order valence-electron chi connectivity index (χ0n) is 15.3. The van der Waals surface area contributed by atoms with E-state index in [1.807, 2.05) is 12.1 Å². The average molecular weight is 397 g/mol. The molecule has 1 saturated heterocycles. The fraction of sp³-hybridized carbons (Fsp3) is 0.429. The van der Waals surface area contributed by atoms with Crippen LogP contribution in [-0.4, -0.2) is 31.1 Å². The number of alkyl halides is 3. The summed E-state index contributed by atoms with van der Waals surface area (Å²) < 4.78 is 40.2. The van der Waals surface area contributed by atoms with Gasteiger partial charge in [-0.25, -0.2) is 0 Å². The minimum atomic E-state index is -4.47. The first-order valence-electron chi connectivity index (χ1n) is 9.30. The van der Waals surface area contributed by atoms with Crippen molar-refractivity contribution in [1.82, 2.24) is 10.2 Å². The summed E-state index contributed by atoms with van der Waals surface area (Å²) in [4.78, 5) is 2.25. The number of halogens is 4. The molecule has 1 fully saturated rings. The largest absolute Gasteiger partial charge is 0.417 e. The van der Waals surface area contributed by atoms with E-state index < -0.39 is 11.7 Å². The lowest BCUT2D eigenvalue weighted by molar-refractivity contribution is -0.137. The van der Waals surface area contributed by atoms with Gasteiger partial charge in [-0.3, -0.25) is 4.90 Å². The molecule has 3 rings (SSSR count). The number of benzene rings is 2. The lowest BCUT2D eigenvalue weighted by atomic mass is 9.94. The molecule has 1 aliphatic heterocycles. The second-order valence-electron chi connectivity index (χ2n) is 6.87. The molecule has 1 N–H and O–H groups in total. The molecule has 1 aliphatic rings. The summed E-state index contributed by atoms with van der Waals surface area (Å²) in [5.41, 5.74) is 2.06. The molecule has 1 atom stereocenters. The van der Waals surface area contributed by atoms with Crippen LogP contribution in [0.2, 0.25) is 5.02 Å². The van der Waals surface area contributed by atoms with E-state index in [9.17, 15) is 13.2 Å². The molecule has 0 radical (unpaired) electrons. The van der Waals surface area contributed by atoms with Crippen LogP contribution in [0.25, 0.3) is 0 Å². The first kappa shape index (κ1) is 20.2. The summed E-state index contributed by atoms with van der Waals surface area (Å²) in [6.45, 7) is 5.44. The van der Waals surface area contributed by atoms with Gasteiger partial charge in [-0.15, -0.1) is 0 Å². The van der Waals surface area contributed by atoms with Crippen LogP contribution in [0.1, 0.15) is 41.6 Å². The van der Waals surface area contributed by atoms with E-state index in [0.717, 1.165) is 44.6 Å². The zero-order valence-corrected chi connectivity index (χ0v) is 16.1. The second kappa shape index (κ2) is 8.63. The quantitative estimate of drug-likeness (QED) is 0.753. The summed E-state index contributed by atoms with van der Waals surface area (Å²) in [5.74, 6) is 0. The Morgan fingerprint density at radius 2 is 1.74 bits per heavy atom. The van der Waals surface area contributed by atoms with Crippen molar-refractivity contribution >= 4 is 11.6 Å². The highest BCUT2D eigenvalue weighted by atomic mass is 35.5. The van der Waals surface area contributed by atoms with Crippen molar-refractivity contribution < 1.29 is 13.2 Å². The van der Waals surface area contributed by atoms with Crippen molar-refractivity contribution in [3.63, 3.8) is 0 Å². The maximum absolute atomic E-state index is 13.4. The molecular formula is C21H24ClF3N2. The van der Waals surface area contributed by atoms with E-state index in [4.69, 9.17) is 11.6 Å². The molecule has 2 aromatic rings. The minimum Gasteiger partial charge on any atom is -0.315 e. The molecule has 6 heteroatoms. The van der Waals surface area contributed by atoms with E-state index in [2.05, 4.69) is 29.3 Å². The highest BCUT2D eigenvalue weighted by Crippen LogP contribution is 2.38. The molecule has 27 heavy (non-hydrogen) atoms. The van der Waals surface area contributed by atoms with Crippen LogP contribution in [-0.2, 0) is 12.6 Å².